The largest absolute Gasteiger partial charge is 0.494 e. The first-order chi connectivity index (χ1) is 15.6. The van der Waals surface area contributed by atoms with Crippen molar-refractivity contribution in [3.63, 3.8) is 0 Å². The van der Waals surface area contributed by atoms with Crippen LogP contribution in [0.25, 0.3) is 5.69 Å². The lowest BCUT2D eigenvalue weighted by Crippen LogP contribution is -2.42. The second kappa shape index (κ2) is 9.72. The van der Waals surface area contributed by atoms with Crippen molar-refractivity contribution in [1.82, 2.24) is 19.2 Å². The Bertz CT molecular complexity index is 1110. The predicted octanol–water partition coefficient (Wildman–Crippen LogP) is 2.75. The normalized spacial score (nSPS) is 16.1. The van der Waals surface area contributed by atoms with Crippen molar-refractivity contribution in [2.75, 3.05) is 26.3 Å². The van der Waals surface area contributed by atoms with Crippen LogP contribution in [0, 0.1) is 0 Å². The summed E-state index contributed by atoms with van der Waals surface area (Å²) < 4.78 is 14.1. The molecule has 3 aromatic rings. The molecule has 1 fully saturated rings. The second-order valence-electron chi connectivity index (χ2n) is 7.81. The van der Waals surface area contributed by atoms with Gasteiger partial charge >= 0.3 is 5.69 Å². The highest BCUT2D eigenvalue weighted by Gasteiger charge is 2.29. The number of likely N-dealkylation sites (tertiary alicyclic amines) is 1. The van der Waals surface area contributed by atoms with Gasteiger partial charge < -0.3 is 14.4 Å². The van der Waals surface area contributed by atoms with Crippen molar-refractivity contribution in [3.05, 3.63) is 70.9 Å². The van der Waals surface area contributed by atoms with Crippen LogP contribution < -0.4 is 15.2 Å². The molecule has 1 unspecified atom stereocenters. The van der Waals surface area contributed by atoms with Gasteiger partial charge in [-0.05, 0) is 56.2 Å². The molecule has 0 saturated carbocycles. The van der Waals surface area contributed by atoms with E-state index in [1.54, 1.807) is 28.6 Å². The zero-order valence-corrected chi connectivity index (χ0v) is 18.4. The molecule has 1 aliphatic heterocycles. The Balaban J connectivity index is 1.44. The summed E-state index contributed by atoms with van der Waals surface area (Å²) in [6, 6.07) is 16.7. The molecule has 8 heteroatoms. The van der Waals surface area contributed by atoms with Crippen LogP contribution in [0.3, 0.4) is 0 Å². The van der Waals surface area contributed by atoms with Gasteiger partial charge in [-0.25, -0.2) is 14.0 Å². The Morgan fingerprint density at radius 1 is 1.06 bits per heavy atom. The number of hydrogen-bond acceptors (Lipinski definition) is 5. The summed E-state index contributed by atoms with van der Waals surface area (Å²) in [6.45, 7) is 3.68. The van der Waals surface area contributed by atoms with Gasteiger partial charge in [-0.3, -0.25) is 4.79 Å². The van der Waals surface area contributed by atoms with Crippen LogP contribution in [0.4, 0.5) is 0 Å². The van der Waals surface area contributed by atoms with Crippen LogP contribution in [0.5, 0.6) is 11.5 Å². The second-order valence-corrected chi connectivity index (χ2v) is 7.81. The number of hydrogen-bond donors (Lipinski definition) is 0. The zero-order chi connectivity index (χ0) is 22.5. The van der Waals surface area contributed by atoms with Gasteiger partial charge in [0, 0.05) is 26.1 Å². The predicted molar refractivity (Wildman–Crippen MR) is 120 cm³/mol. The molecule has 2 aromatic carbocycles. The minimum absolute atomic E-state index is 0.0210. The Morgan fingerprint density at radius 3 is 2.44 bits per heavy atom. The Labute approximate surface area is 187 Å². The molecule has 0 N–H and O–H groups in total. The topological polar surface area (TPSA) is 78.6 Å². The first-order valence-electron chi connectivity index (χ1n) is 10.9. The van der Waals surface area contributed by atoms with Gasteiger partial charge in [0.05, 0.1) is 12.3 Å². The minimum Gasteiger partial charge on any atom is -0.494 e. The van der Waals surface area contributed by atoms with Crippen molar-refractivity contribution in [2.45, 2.75) is 25.7 Å². The summed E-state index contributed by atoms with van der Waals surface area (Å²) >= 11 is 0. The molecule has 4 rings (SSSR count). The lowest BCUT2D eigenvalue weighted by atomic mass is 9.97. The number of aryl methyl sites for hydroxylation is 1. The van der Waals surface area contributed by atoms with Crippen molar-refractivity contribution in [2.24, 2.45) is 7.05 Å². The monoisotopic (exact) mass is 436 g/mol. The van der Waals surface area contributed by atoms with Gasteiger partial charge in [-0.1, -0.05) is 18.2 Å². The summed E-state index contributed by atoms with van der Waals surface area (Å²) in [5.74, 6) is 1.98. The molecule has 0 aliphatic carbocycles. The molecule has 0 radical (unpaired) electrons. The van der Waals surface area contributed by atoms with Crippen LogP contribution in [0.2, 0.25) is 0 Å². The fourth-order valence-corrected chi connectivity index (χ4v) is 4.02. The molecule has 8 nitrogen and oxygen atoms in total. The fourth-order valence-electron chi connectivity index (χ4n) is 4.02. The van der Waals surface area contributed by atoms with Crippen LogP contribution in [-0.4, -0.2) is 51.5 Å². The van der Waals surface area contributed by atoms with Gasteiger partial charge in [0.25, 0.3) is 5.91 Å². The lowest BCUT2D eigenvalue weighted by Gasteiger charge is -2.32. The number of ether oxygens (including phenoxy) is 2. The molecular formula is C24H28N4O4. The molecule has 1 atom stereocenters. The standard InChI is InChI=1S/C24H28N4O4/c1-3-31-20-11-13-21(14-12-20)32-17-22(29)27-15-7-8-18(16-27)23-25-26(2)24(30)28(23)19-9-5-4-6-10-19/h4-6,9-14,18H,3,7-8,15-17H2,1-2H3. The van der Waals surface area contributed by atoms with Gasteiger partial charge in [0.15, 0.2) is 6.61 Å². The summed E-state index contributed by atoms with van der Waals surface area (Å²) in [4.78, 5) is 27.4. The van der Waals surface area contributed by atoms with E-state index in [4.69, 9.17) is 9.47 Å². The van der Waals surface area contributed by atoms with Crippen LogP contribution in [-0.2, 0) is 11.8 Å². The minimum atomic E-state index is -0.187. The molecule has 2 heterocycles. The van der Waals surface area contributed by atoms with Crippen molar-refractivity contribution in [3.8, 4) is 17.2 Å². The molecular weight excluding hydrogens is 408 g/mol. The van der Waals surface area contributed by atoms with E-state index in [9.17, 15) is 9.59 Å². The van der Waals surface area contributed by atoms with Gasteiger partial charge in [-0.2, -0.15) is 5.10 Å². The Kier molecular flexibility index (Phi) is 6.58. The highest BCUT2D eigenvalue weighted by molar-refractivity contribution is 5.78. The molecule has 168 valence electrons. The highest BCUT2D eigenvalue weighted by atomic mass is 16.5. The average Bonchev–Trinajstić information content (AvgIpc) is 3.13. The first kappa shape index (κ1) is 21.7. The maximum atomic E-state index is 12.8. The van der Waals surface area contributed by atoms with E-state index in [0.717, 1.165) is 24.3 Å². The number of amides is 1. The van der Waals surface area contributed by atoms with Crippen molar-refractivity contribution >= 4 is 5.91 Å². The van der Waals surface area contributed by atoms with Crippen LogP contribution >= 0.6 is 0 Å². The number of rotatable bonds is 7. The van der Waals surface area contributed by atoms with Gasteiger partial charge in [-0.15, -0.1) is 0 Å². The molecule has 0 bridgehead atoms. The zero-order valence-electron chi connectivity index (χ0n) is 18.4. The molecule has 1 aromatic heterocycles. The number of benzene rings is 2. The summed E-state index contributed by atoms with van der Waals surface area (Å²) in [5.41, 5.74) is 0.594. The van der Waals surface area contributed by atoms with Gasteiger partial charge in [0.1, 0.15) is 17.3 Å². The van der Waals surface area contributed by atoms with Crippen LogP contribution in [0.15, 0.2) is 59.4 Å². The number of para-hydroxylation sites is 1. The van der Waals surface area contributed by atoms with E-state index in [-0.39, 0.29) is 24.1 Å². The van der Waals surface area contributed by atoms with E-state index >= 15 is 0 Å². The molecule has 1 aliphatic rings. The molecule has 32 heavy (non-hydrogen) atoms. The lowest BCUT2D eigenvalue weighted by molar-refractivity contribution is -0.134. The summed E-state index contributed by atoms with van der Waals surface area (Å²) in [7, 11) is 1.65. The fraction of sp³-hybridized carbons (Fsp3) is 0.375. The maximum Gasteiger partial charge on any atom is 0.350 e. The number of aromatic nitrogens is 3. The summed E-state index contributed by atoms with van der Waals surface area (Å²) in [6.07, 6.45) is 1.71. The van der Waals surface area contributed by atoms with Gasteiger partial charge in [0.2, 0.25) is 0 Å². The van der Waals surface area contributed by atoms with E-state index in [2.05, 4.69) is 5.10 Å². The number of piperidine rings is 1. The third kappa shape index (κ3) is 4.69. The first-order valence-corrected chi connectivity index (χ1v) is 10.9. The number of carbonyl (C=O) groups excluding carboxylic acids is 1. The average molecular weight is 437 g/mol. The smallest absolute Gasteiger partial charge is 0.350 e. The van der Waals surface area contributed by atoms with Crippen molar-refractivity contribution in [1.29, 1.82) is 0 Å². The van der Waals surface area contributed by atoms with E-state index in [1.165, 1.54) is 4.68 Å². The molecule has 0 spiro atoms. The highest BCUT2D eigenvalue weighted by Crippen LogP contribution is 2.27. The maximum absolute atomic E-state index is 12.8. The summed E-state index contributed by atoms with van der Waals surface area (Å²) in [5, 5.41) is 4.51. The van der Waals surface area contributed by atoms with E-state index < -0.39 is 0 Å². The Hall–Kier alpha value is -3.55. The molecule has 1 saturated heterocycles. The quantitative estimate of drug-likeness (QED) is 0.569. The van der Waals surface area contributed by atoms with Crippen LogP contribution in [0.1, 0.15) is 31.5 Å². The van der Waals surface area contributed by atoms with E-state index in [0.29, 0.717) is 31.3 Å². The molecule has 1 amide bonds. The third-order valence-corrected chi connectivity index (χ3v) is 5.60. The third-order valence-electron chi connectivity index (χ3n) is 5.60. The van der Waals surface area contributed by atoms with E-state index in [1.807, 2.05) is 49.4 Å². The number of nitrogens with zero attached hydrogens (tertiary/aromatic N) is 4. The van der Waals surface area contributed by atoms with Crippen molar-refractivity contribution < 1.29 is 14.3 Å². The SMILES string of the molecule is CCOc1ccc(OCC(=O)N2CCCC(c3nn(C)c(=O)n3-c3ccccc3)C2)cc1. The number of carbonyl (C=O) groups is 1. The Morgan fingerprint density at radius 2 is 1.75 bits per heavy atom.